The molecule has 8 heteroatoms. The quantitative estimate of drug-likeness (QED) is 0.486. The Bertz CT molecular complexity index is 397. The molecule has 0 aliphatic rings. The van der Waals surface area contributed by atoms with Crippen molar-refractivity contribution in [3.8, 4) is 0 Å². The molecule has 0 saturated heterocycles. The summed E-state index contributed by atoms with van der Waals surface area (Å²) in [7, 11) is 0. The van der Waals surface area contributed by atoms with E-state index < -0.39 is 0 Å². The number of nitrogens with zero attached hydrogens (tertiary/aromatic N) is 1. The number of carbonyl (C=O) groups excluding carboxylic acids is 1. The first-order valence-electron chi connectivity index (χ1n) is 6.16. The zero-order valence-electron chi connectivity index (χ0n) is 10.9. The van der Waals surface area contributed by atoms with Crippen LogP contribution in [-0.2, 0) is 4.74 Å². The van der Waals surface area contributed by atoms with Gasteiger partial charge in [-0.2, -0.15) is 0 Å². The average molecular weight is 288 g/mol. The van der Waals surface area contributed by atoms with E-state index in [1.165, 1.54) is 11.3 Å². The molecular formula is C11H20N4O3S. The summed E-state index contributed by atoms with van der Waals surface area (Å²) in [6, 6.07) is 0. The van der Waals surface area contributed by atoms with Gasteiger partial charge in [0.2, 0.25) is 0 Å². The van der Waals surface area contributed by atoms with Crippen molar-refractivity contribution in [3.05, 3.63) is 4.88 Å². The molecule has 108 valence electrons. The molecule has 0 spiro atoms. The number of nitrogens with one attached hydrogen (secondary N) is 2. The van der Waals surface area contributed by atoms with Gasteiger partial charge >= 0.3 is 0 Å². The van der Waals surface area contributed by atoms with Gasteiger partial charge in [0.25, 0.3) is 5.91 Å². The van der Waals surface area contributed by atoms with Crippen molar-refractivity contribution in [2.24, 2.45) is 0 Å². The predicted molar refractivity (Wildman–Crippen MR) is 75.5 cm³/mol. The Balaban J connectivity index is 2.32. The number of amides is 1. The lowest BCUT2D eigenvalue weighted by atomic mass is 10.4. The fraction of sp³-hybridized carbons (Fsp3) is 0.636. The van der Waals surface area contributed by atoms with Crippen LogP contribution in [0.15, 0.2) is 0 Å². The highest BCUT2D eigenvalue weighted by Crippen LogP contribution is 2.24. The Morgan fingerprint density at radius 3 is 3.00 bits per heavy atom. The van der Waals surface area contributed by atoms with Crippen LogP contribution in [0.1, 0.15) is 23.0 Å². The number of anilines is 2. The number of rotatable bonds is 9. The number of nitrogens with two attached hydrogens (primary N) is 1. The molecule has 0 unspecified atom stereocenters. The van der Waals surface area contributed by atoms with Crippen LogP contribution in [0.2, 0.25) is 0 Å². The van der Waals surface area contributed by atoms with E-state index in [1.54, 1.807) is 0 Å². The number of nitrogen functional groups attached to an aromatic ring is 1. The first kappa shape index (κ1) is 15.7. The third-order valence-corrected chi connectivity index (χ3v) is 3.20. The second-order valence-corrected chi connectivity index (χ2v) is 4.71. The van der Waals surface area contributed by atoms with E-state index in [0.29, 0.717) is 36.2 Å². The zero-order valence-corrected chi connectivity index (χ0v) is 11.8. The van der Waals surface area contributed by atoms with Crippen molar-refractivity contribution in [3.63, 3.8) is 0 Å². The van der Waals surface area contributed by atoms with E-state index in [2.05, 4.69) is 15.6 Å². The molecule has 1 amide bonds. The smallest absolute Gasteiger partial charge is 0.265 e. The van der Waals surface area contributed by atoms with Gasteiger partial charge in [-0.3, -0.25) is 4.79 Å². The largest absolute Gasteiger partial charge is 0.394 e. The maximum atomic E-state index is 11.8. The van der Waals surface area contributed by atoms with Crippen molar-refractivity contribution < 1.29 is 14.6 Å². The van der Waals surface area contributed by atoms with Crippen molar-refractivity contribution in [1.82, 2.24) is 10.3 Å². The van der Waals surface area contributed by atoms with Crippen molar-refractivity contribution in [2.45, 2.75) is 13.3 Å². The molecule has 7 nitrogen and oxygen atoms in total. The summed E-state index contributed by atoms with van der Waals surface area (Å²) in [4.78, 5) is 16.3. The van der Waals surface area contributed by atoms with E-state index in [0.717, 1.165) is 6.54 Å². The maximum Gasteiger partial charge on any atom is 0.265 e. The van der Waals surface area contributed by atoms with Gasteiger partial charge in [0.15, 0.2) is 5.13 Å². The SMILES string of the molecule is CCNc1nc(N)c(C(=O)NCCCOCCO)s1. The van der Waals surface area contributed by atoms with Crippen LogP contribution in [0, 0.1) is 0 Å². The van der Waals surface area contributed by atoms with Gasteiger partial charge in [-0.15, -0.1) is 0 Å². The highest BCUT2D eigenvalue weighted by molar-refractivity contribution is 7.18. The van der Waals surface area contributed by atoms with Crippen LogP contribution in [0.5, 0.6) is 0 Å². The zero-order chi connectivity index (χ0) is 14.1. The van der Waals surface area contributed by atoms with Gasteiger partial charge in [-0.05, 0) is 13.3 Å². The van der Waals surface area contributed by atoms with Crippen molar-refractivity contribution in [2.75, 3.05) is 44.0 Å². The molecule has 0 aromatic carbocycles. The Hall–Kier alpha value is -1.38. The highest BCUT2D eigenvalue weighted by atomic mass is 32.1. The van der Waals surface area contributed by atoms with Gasteiger partial charge in [0.1, 0.15) is 10.7 Å². The standard InChI is InChI=1S/C11H20N4O3S/c1-2-13-11-15-9(12)8(19-11)10(17)14-4-3-6-18-7-5-16/h16H,2-7,12H2,1H3,(H,13,15)(H,14,17). The molecule has 0 bridgehead atoms. The Morgan fingerprint density at radius 2 is 2.32 bits per heavy atom. The van der Waals surface area contributed by atoms with Crippen LogP contribution in [0.4, 0.5) is 10.9 Å². The number of hydrogen-bond donors (Lipinski definition) is 4. The summed E-state index contributed by atoms with van der Waals surface area (Å²) in [5, 5.41) is 14.9. The summed E-state index contributed by atoms with van der Waals surface area (Å²) in [6.45, 7) is 4.01. The second-order valence-electron chi connectivity index (χ2n) is 3.71. The molecule has 0 fully saturated rings. The number of aromatic nitrogens is 1. The molecule has 1 heterocycles. The minimum absolute atomic E-state index is 0.0109. The number of hydrogen-bond acceptors (Lipinski definition) is 7. The number of aliphatic hydroxyl groups is 1. The molecule has 0 radical (unpaired) electrons. The third-order valence-electron chi connectivity index (χ3n) is 2.17. The highest BCUT2D eigenvalue weighted by Gasteiger charge is 2.15. The van der Waals surface area contributed by atoms with Gasteiger partial charge < -0.3 is 26.2 Å². The van der Waals surface area contributed by atoms with Crippen LogP contribution >= 0.6 is 11.3 Å². The summed E-state index contributed by atoms with van der Waals surface area (Å²) in [6.07, 6.45) is 0.685. The molecule has 1 aromatic heterocycles. The monoisotopic (exact) mass is 288 g/mol. The average Bonchev–Trinajstić information content (AvgIpc) is 2.75. The minimum atomic E-state index is -0.221. The second kappa shape index (κ2) is 8.68. The molecule has 0 saturated carbocycles. The summed E-state index contributed by atoms with van der Waals surface area (Å²) in [5.41, 5.74) is 5.69. The first-order valence-corrected chi connectivity index (χ1v) is 6.97. The molecule has 0 aliphatic carbocycles. The van der Waals surface area contributed by atoms with Gasteiger partial charge in [0, 0.05) is 19.7 Å². The number of aliphatic hydroxyl groups excluding tert-OH is 1. The number of ether oxygens (including phenoxy) is 1. The van der Waals surface area contributed by atoms with Crippen LogP contribution in [-0.4, -0.2) is 48.9 Å². The third kappa shape index (κ3) is 5.41. The van der Waals surface area contributed by atoms with Crippen LogP contribution < -0.4 is 16.4 Å². The van der Waals surface area contributed by atoms with E-state index in [4.69, 9.17) is 15.6 Å². The lowest BCUT2D eigenvalue weighted by molar-refractivity contribution is 0.0869. The predicted octanol–water partition coefficient (Wildman–Crippen LogP) is 0.286. The topological polar surface area (TPSA) is 110 Å². The summed E-state index contributed by atoms with van der Waals surface area (Å²) < 4.78 is 5.08. The maximum absolute atomic E-state index is 11.8. The molecule has 1 rings (SSSR count). The summed E-state index contributed by atoms with van der Waals surface area (Å²) in [5.74, 6) is 0.0243. The van der Waals surface area contributed by atoms with E-state index >= 15 is 0 Å². The van der Waals surface area contributed by atoms with Crippen molar-refractivity contribution in [1.29, 1.82) is 0 Å². The first-order chi connectivity index (χ1) is 9.19. The summed E-state index contributed by atoms with van der Waals surface area (Å²) >= 11 is 1.24. The van der Waals surface area contributed by atoms with E-state index in [9.17, 15) is 4.79 Å². The van der Waals surface area contributed by atoms with E-state index in [-0.39, 0.29) is 18.3 Å². The lowest BCUT2D eigenvalue weighted by Gasteiger charge is -2.04. The molecular weight excluding hydrogens is 268 g/mol. The molecule has 19 heavy (non-hydrogen) atoms. The van der Waals surface area contributed by atoms with E-state index in [1.807, 2.05) is 6.92 Å². The van der Waals surface area contributed by atoms with Crippen molar-refractivity contribution >= 4 is 28.2 Å². The fourth-order valence-electron chi connectivity index (χ4n) is 1.34. The number of carbonyl (C=O) groups is 1. The van der Waals surface area contributed by atoms with Crippen LogP contribution in [0.25, 0.3) is 0 Å². The minimum Gasteiger partial charge on any atom is -0.394 e. The van der Waals surface area contributed by atoms with Gasteiger partial charge in [-0.1, -0.05) is 11.3 Å². The molecule has 5 N–H and O–H groups in total. The molecule has 1 aromatic rings. The lowest BCUT2D eigenvalue weighted by Crippen LogP contribution is -2.25. The molecule has 0 aliphatic heterocycles. The Morgan fingerprint density at radius 1 is 1.53 bits per heavy atom. The van der Waals surface area contributed by atoms with Gasteiger partial charge in [-0.25, -0.2) is 4.98 Å². The normalized spacial score (nSPS) is 10.4. The number of thiazole rings is 1. The Kier molecular flexibility index (Phi) is 7.16. The molecule has 0 atom stereocenters. The van der Waals surface area contributed by atoms with Gasteiger partial charge in [0.05, 0.1) is 13.2 Å². The Labute approximate surface area is 116 Å². The fourth-order valence-corrected chi connectivity index (χ4v) is 2.21. The van der Waals surface area contributed by atoms with Crippen LogP contribution in [0.3, 0.4) is 0 Å².